The summed E-state index contributed by atoms with van der Waals surface area (Å²) in [6, 6.07) is 8.39. The Hall–Kier alpha value is -2.90. The molecule has 0 N–H and O–H groups in total. The first-order chi connectivity index (χ1) is 15.0. The fraction of sp³-hybridized carbons (Fsp3) is 0.304. The Kier molecular flexibility index (Phi) is 6.91. The molecule has 7 nitrogen and oxygen atoms in total. The monoisotopic (exact) mass is 476 g/mol. The third kappa shape index (κ3) is 4.49. The molecule has 0 atom stereocenters. The number of hydrogen-bond donors (Lipinski definition) is 0. The second kappa shape index (κ2) is 9.30. The summed E-state index contributed by atoms with van der Waals surface area (Å²) in [6.07, 6.45) is 0. The quantitative estimate of drug-likeness (QED) is 0.449. The highest BCUT2D eigenvalue weighted by atomic mass is 35.5. The van der Waals surface area contributed by atoms with Gasteiger partial charge in [0, 0.05) is 12.1 Å². The molecule has 9 heteroatoms. The fourth-order valence-corrected chi connectivity index (χ4v) is 3.98. The molecule has 0 aliphatic carbocycles. The highest BCUT2D eigenvalue weighted by Crippen LogP contribution is 2.33. The number of carbonyl (C=O) groups excluding carboxylic acids is 4. The molecule has 3 rings (SSSR count). The molecule has 0 saturated carbocycles. The lowest BCUT2D eigenvalue weighted by molar-refractivity contribution is -0.138. The van der Waals surface area contributed by atoms with Gasteiger partial charge in [-0.1, -0.05) is 23.2 Å². The zero-order chi connectivity index (χ0) is 23.7. The van der Waals surface area contributed by atoms with Crippen LogP contribution < -0.4 is 4.90 Å². The van der Waals surface area contributed by atoms with Gasteiger partial charge in [-0.2, -0.15) is 0 Å². The smallest absolute Gasteiger partial charge is 0.338 e. The van der Waals surface area contributed by atoms with E-state index in [-0.39, 0.29) is 45.4 Å². The Morgan fingerprint density at radius 3 is 2.12 bits per heavy atom. The topological polar surface area (TPSA) is 84.0 Å². The van der Waals surface area contributed by atoms with Crippen molar-refractivity contribution in [3.05, 3.63) is 63.1 Å². The van der Waals surface area contributed by atoms with Gasteiger partial charge in [-0.15, -0.1) is 0 Å². The number of amides is 3. The van der Waals surface area contributed by atoms with E-state index in [4.69, 9.17) is 27.9 Å². The first-order valence-corrected chi connectivity index (χ1v) is 10.7. The van der Waals surface area contributed by atoms with E-state index in [1.165, 1.54) is 36.4 Å². The Balaban J connectivity index is 1.78. The van der Waals surface area contributed by atoms with E-state index >= 15 is 0 Å². The van der Waals surface area contributed by atoms with Crippen LogP contribution >= 0.6 is 23.2 Å². The van der Waals surface area contributed by atoms with E-state index in [0.29, 0.717) is 5.02 Å². The number of esters is 1. The van der Waals surface area contributed by atoms with E-state index in [9.17, 15) is 19.2 Å². The summed E-state index contributed by atoms with van der Waals surface area (Å²) in [6.45, 7) is 7.09. The molecule has 0 radical (unpaired) electrons. The van der Waals surface area contributed by atoms with E-state index in [1.807, 2.05) is 27.7 Å². The molecule has 3 amide bonds. The number of fused-ring (bicyclic) bond motifs is 1. The molecule has 1 aliphatic heterocycles. The highest BCUT2D eigenvalue weighted by Gasteiger charge is 2.37. The van der Waals surface area contributed by atoms with Crippen molar-refractivity contribution in [2.24, 2.45) is 0 Å². The second-order valence-electron chi connectivity index (χ2n) is 7.87. The van der Waals surface area contributed by atoms with Crippen LogP contribution in [0.4, 0.5) is 5.69 Å². The molecular weight excluding hydrogens is 455 g/mol. The van der Waals surface area contributed by atoms with Gasteiger partial charge in [-0.25, -0.2) is 9.69 Å². The zero-order valence-electron chi connectivity index (χ0n) is 18.0. The molecule has 0 fully saturated rings. The number of nitrogens with zero attached hydrogens (tertiary/aromatic N) is 2. The lowest BCUT2D eigenvalue weighted by Gasteiger charge is -2.30. The fourth-order valence-electron chi connectivity index (χ4n) is 3.68. The second-order valence-corrected chi connectivity index (χ2v) is 8.68. The predicted octanol–water partition coefficient (Wildman–Crippen LogP) is 4.60. The van der Waals surface area contributed by atoms with Gasteiger partial charge in [0.2, 0.25) is 0 Å². The number of carbonyl (C=O) groups is 4. The Morgan fingerprint density at radius 2 is 1.53 bits per heavy atom. The van der Waals surface area contributed by atoms with Crippen LogP contribution in [0.3, 0.4) is 0 Å². The maximum atomic E-state index is 12.9. The summed E-state index contributed by atoms with van der Waals surface area (Å²) in [5, 5.41) is 0.492. The van der Waals surface area contributed by atoms with Gasteiger partial charge in [-0.05, 0) is 64.1 Å². The Labute approximate surface area is 195 Å². The van der Waals surface area contributed by atoms with Gasteiger partial charge in [0.05, 0.1) is 32.4 Å². The van der Waals surface area contributed by atoms with E-state index in [2.05, 4.69) is 0 Å². The first-order valence-electron chi connectivity index (χ1n) is 9.99. The molecule has 0 bridgehead atoms. The van der Waals surface area contributed by atoms with Gasteiger partial charge >= 0.3 is 5.97 Å². The van der Waals surface area contributed by atoms with Gasteiger partial charge in [0.15, 0.2) is 6.61 Å². The average Bonchev–Trinajstić information content (AvgIpc) is 2.97. The van der Waals surface area contributed by atoms with Crippen molar-refractivity contribution >= 4 is 52.6 Å². The lowest BCUT2D eigenvalue weighted by atomic mass is 10.1. The van der Waals surface area contributed by atoms with Crippen LogP contribution in [-0.4, -0.2) is 47.3 Å². The summed E-state index contributed by atoms with van der Waals surface area (Å²) < 4.78 is 5.16. The molecule has 0 spiro atoms. The molecule has 0 unspecified atom stereocenters. The third-order valence-corrected chi connectivity index (χ3v) is 5.75. The van der Waals surface area contributed by atoms with Gasteiger partial charge in [0.1, 0.15) is 0 Å². The standard InChI is InChI=1S/C23H22Cl2N2O5/c1-12(2)26(13(3)4)20(28)11-32-23(31)14-5-7-16-17(9-14)22(30)27(21(16)29)15-6-8-18(24)19(25)10-15/h5-10,12-13H,11H2,1-4H3. The van der Waals surface area contributed by atoms with Crippen molar-refractivity contribution in [2.75, 3.05) is 11.5 Å². The first kappa shape index (κ1) is 23.8. The summed E-state index contributed by atoms with van der Waals surface area (Å²) in [4.78, 5) is 53.2. The average molecular weight is 477 g/mol. The van der Waals surface area contributed by atoms with Crippen LogP contribution in [0.15, 0.2) is 36.4 Å². The SMILES string of the molecule is CC(C)N(C(=O)COC(=O)c1ccc2c(c1)C(=O)N(c1ccc(Cl)c(Cl)c1)C2=O)C(C)C. The van der Waals surface area contributed by atoms with Crippen LogP contribution in [-0.2, 0) is 9.53 Å². The summed E-state index contributed by atoms with van der Waals surface area (Å²) in [5.41, 5.74) is 0.546. The molecule has 0 saturated heterocycles. The number of hydrogen-bond acceptors (Lipinski definition) is 5. The number of imide groups is 1. The minimum atomic E-state index is -0.762. The van der Waals surface area contributed by atoms with Gasteiger partial charge in [-0.3, -0.25) is 14.4 Å². The minimum Gasteiger partial charge on any atom is -0.452 e. The van der Waals surface area contributed by atoms with Crippen molar-refractivity contribution in [3.8, 4) is 0 Å². The van der Waals surface area contributed by atoms with Crippen LogP contribution in [0.1, 0.15) is 58.8 Å². The van der Waals surface area contributed by atoms with Crippen LogP contribution in [0, 0.1) is 0 Å². The summed E-state index contributed by atoms with van der Waals surface area (Å²) >= 11 is 11.9. The van der Waals surface area contributed by atoms with E-state index in [1.54, 1.807) is 4.90 Å². The molecule has 1 heterocycles. The maximum absolute atomic E-state index is 12.9. The van der Waals surface area contributed by atoms with Crippen LogP contribution in [0.5, 0.6) is 0 Å². The molecule has 2 aromatic rings. The van der Waals surface area contributed by atoms with Crippen molar-refractivity contribution in [2.45, 2.75) is 39.8 Å². The van der Waals surface area contributed by atoms with Crippen LogP contribution in [0.2, 0.25) is 10.0 Å². The lowest BCUT2D eigenvalue weighted by Crippen LogP contribution is -2.44. The number of halogens is 2. The van der Waals surface area contributed by atoms with E-state index < -0.39 is 24.4 Å². The molecule has 0 aromatic heterocycles. The molecule has 1 aliphatic rings. The number of ether oxygens (including phenoxy) is 1. The van der Waals surface area contributed by atoms with Crippen molar-refractivity contribution in [1.82, 2.24) is 4.90 Å². The summed E-state index contributed by atoms with van der Waals surface area (Å²) in [5.74, 6) is -2.22. The molecule has 32 heavy (non-hydrogen) atoms. The normalized spacial score (nSPS) is 13.1. The van der Waals surface area contributed by atoms with Gasteiger partial charge in [0.25, 0.3) is 17.7 Å². The predicted molar refractivity (Wildman–Crippen MR) is 121 cm³/mol. The Bertz CT molecular complexity index is 1110. The molecular formula is C23H22Cl2N2O5. The zero-order valence-corrected chi connectivity index (χ0v) is 19.5. The molecule has 2 aromatic carbocycles. The largest absolute Gasteiger partial charge is 0.452 e. The summed E-state index contributed by atoms with van der Waals surface area (Å²) in [7, 11) is 0. The number of anilines is 1. The van der Waals surface area contributed by atoms with Crippen LogP contribution in [0.25, 0.3) is 0 Å². The van der Waals surface area contributed by atoms with Crippen molar-refractivity contribution in [1.29, 1.82) is 0 Å². The number of benzene rings is 2. The number of rotatable bonds is 6. The van der Waals surface area contributed by atoms with Crippen molar-refractivity contribution in [3.63, 3.8) is 0 Å². The maximum Gasteiger partial charge on any atom is 0.338 e. The van der Waals surface area contributed by atoms with Crippen molar-refractivity contribution < 1.29 is 23.9 Å². The molecule has 168 valence electrons. The van der Waals surface area contributed by atoms with E-state index in [0.717, 1.165) is 4.90 Å². The third-order valence-electron chi connectivity index (χ3n) is 5.01. The Morgan fingerprint density at radius 1 is 0.906 bits per heavy atom. The van der Waals surface area contributed by atoms with Gasteiger partial charge < -0.3 is 9.64 Å². The highest BCUT2D eigenvalue weighted by molar-refractivity contribution is 6.42. The minimum absolute atomic E-state index is 0.0443.